The Kier molecular flexibility index (Phi) is 3.64. The first kappa shape index (κ1) is 12.9. The highest BCUT2D eigenvalue weighted by molar-refractivity contribution is 7.48. The molecule has 10 heteroatoms. The van der Waals surface area contributed by atoms with Crippen LogP contribution in [0.5, 0.6) is 0 Å². The Morgan fingerprint density at radius 3 is 1.65 bits per heavy atom. The normalized spacial score (nSPS) is 11.5. The second-order valence-electron chi connectivity index (χ2n) is 2.82. The molecule has 0 spiro atoms. The first-order valence-electron chi connectivity index (χ1n) is 4.12. The highest BCUT2D eigenvalue weighted by atomic mass is 31.1. The van der Waals surface area contributed by atoms with Crippen LogP contribution in [0.2, 0.25) is 0 Å². The SMILES string of the molecule is O=[N+]([O-])C([P]c1ccccc1)([N+](=O)[O-])[N+](=O)[O-]. The van der Waals surface area contributed by atoms with Crippen molar-refractivity contribution in [2.24, 2.45) is 0 Å². The van der Waals surface area contributed by atoms with Crippen molar-refractivity contribution >= 4 is 13.9 Å². The lowest BCUT2D eigenvalue weighted by Crippen LogP contribution is -2.50. The summed E-state index contributed by atoms with van der Waals surface area (Å²) in [6.45, 7) is 0. The maximum absolute atomic E-state index is 10.6. The van der Waals surface area contributed by atoms with Gasteiger partial charge in [-0.3, -0.25) is 30.3 Å². The summed E-state index contributed by atoms with van der Waals surface area (Å²) in [7, 11) is -0.614. The Bertz CT molecular complexity index is 428. The van der Waals surface area contributed by atoms with Crippen molar-refractivity contribution in [3.05, 3.63) is 60.7 Å². The summed E-state index contributed by atoms with van der Waals surface area (Å²) in [5.74, 6) is 0. The van der Waals surface area contributed by atoms with Crippen molar-refractivity contribution < 1.29 is 14.8 Å². The van der Waals surface area contributed by atoms with Crippen LogP contribution in [0, 0.1) is 30.3 Å². The van der Waals surface area contributed by atoms with E-state index in [1.807, 2.05) is 0 Å². The topological polar surface area (TPSA) is 129 Å². The van der Waals surface area contributed by atoms with Crippen LogP contribution in [0.4, 0.5) is 0 Å². The molecule has 0 aliphatic rings. The number of nitrogens with zero attached hydrogens (tertiary/aromatic N) is 3. The van der Waals surface area contributed by atoms with E-state index in [-0.39, 0.29) is 5.30 Å². The molecule has 1 aromatic carbocycles. The molecule has 0 aliphatic carbocycles. The third-order valence-electron chi connectivity index (χ3n) is 1.77. The van der Waals surface area contributed by atoms with Crippen LogP contribution in [-0.2, 0) is 0 Å². The zero-order valence-electron chi connectivity index (χ0n) is 8.13. The molecular weight excluding hydrogens is 253 g/mol. The van der Waals surface area contributed by atoms with Gasteiger partial charge in [-0.05, 0) is 0 Å². The van der Waals surface area contributed by atoms with Gasteiger partial charge in [-0.2, -0.15) is 0 Å². The molecule has 9 nitrogen and oxygen atoms in total. The molecule has 89 valence electrons. The monoisotopic (exact) mass is 258 g/mol. The predicted molar refractivity (Wildman–Crippen MR) is 56.7 cm³/mol. The van der Waals surface area contributed by atoms with Gasteiger partial charge in [-0.25, -0.2) is 0 Å². The molecule has 1 radical (unpaired) electrons. The molecule has 0 atom stereocenters. The Hall–Kier alpha value is -2.15. The van der Waals surface area contributed by atoms with Gasteiger partial charge in [0, 0.05) is 5.30 Å². The van der Waals surface area contributed by atoms with E-state index in [9.17, 15) is 30.3 Å². The van der Waals surface area contributed by atoms with Gasteiger partial charge in [-0.1, -0.05) is 30.3 Å². The van der Waals surface area contributed by atoms with Gasteiger partial charge < -0.3 is 0 Å². The number of nitro groups is 3. The highest BCUT2D eigenvalue weighted by Crippen LogP contribution is 2.32. The summed E-state index contributed by atoms with van der Waals surface area (Å²) in [5.41, 5.74) is -3.46. The van der Waals surface area contributed by atoms with Crippen LogP contribution in [-0.4, -0.2) is 20.3 Å². The third kappa shape index (κ3) is 2.34. The molecule has 0 aliphatic heterocycles. The van der Waals surface area contributed by atoms with Crippen LogP contribution in [0.25, 0.3) is 0 Å². The zero-order valence-corrected chi connectivity index (χ0v) is 9.02. The lowest BCUT2D eigenvalue weighted by Gasteiger charge is -2.07. The summed E-state index contributed by atoms with van der Waals surface area (Å²) in [5, 5.41) is 32.0. The van der Waals surface area contributed by atoms with Gasteiger partial charge in [0.15, 0.2) is 14.8 Å². The van der Waals surface area contributed by atoms with E-state index in [0.717, 1.165) is 0 Å². The van der Waals surface area contributed by atoms with E-state index in [0.29, 0.717) is 0 Å². The van der Waals surface area contributed by atoms with Gasteiger partial charge in [-0.15, -0.1) is 0 Å². The van der Waals surface area contributed by atoms with E-state index in [4.69, 9.17) is 0 Å². The predicted octanol–water partition coefficient (Wildman–Crippen LogP) is 0.699. The molecule has 0 unspecified atom stereocenters. The average molecular weight is 258 g/mol. The average Bonchev–Trinajstić information content (AvgIpc) is 2.25. The summed E-state index contributed by atoms with van der Waals surface area (Å²) in [6.07, 6.45) is 0. The second-order valence-corrected chi connectivity index (χ2v) is 4.16. The Morgan fingerprint density at radius 2 is 1.29 bits per heavy atom. The van der Waals surface area contributed by atoms with E-state index >= 15 is 0 Å². The van der Waals surface area contributed by atoms with E-state index < -0.39 is 28.9 Å². The molecule has 0 saturated carbocycles. The molecule has 17 heavy (non-hydrogen) atoms. The molecule has 0 bridgehead atoms. The van der Waals surface area contributed by atoms with Gasteiger partial charge in [0.2, 0.25) is 8.58 Å². The maximum atomic E-state index is 10.6. The van der Waals surface area contributed by atoms with Crippen LogP contribution in [0.1, 0.15) is 0 Å². The summed E-state index contributed by atoms with van der Waals surface area (Å²) in [6, 6.07) is 7.23. The quantitative estimate of drug-likeness (QED) is 0.330. The van der Waals surface area contributed by atoms with Gasteiger partial charge in [0.05, 0.1) is 0 Å². The Labute approximate surface area is 95.7 Å². The second kappa shape index (κ2) is 4.79. The lowest BCUT2D eigenvalue weighted by atomic mass is 10.4. The van der Waals surface area contributed by atoms with Crippen molar-refractivity contribution in [1.82, 2.24) is 0 Å². The third-order valence-corrected chi connectivity index (χ3v) is 3.12. The molecule has 0 heterocycles. The van der Waals surface area contributed by atoms with Crippen LogP contribution >= 0.6 is 8.58 Å². The number of hydrogen-bond donors (Lipinski definition) is 0. The fraction of sp³-hybridized carbons (Fsp3) is 0.143. The largest absolute Gasteiger partial charge is 0.716 e. The first-order valence-corrected chi connectivity index (χ1v) is 5.02. The number of rotatable bonds is 5. The minimum atomic E-state index is -3.46. The van der Waals surface area contributed by atoms with Crippen molar-refractivity contribution in [3.63, 3.8) is 0 Å². The molecule has 1 rings (SSSR count). The standard InChI is InChI=1S/C7H5N3O6P/c11-8(12)7(9(13)14,10(15)16)17-6-4-2-1-3-5-6/h1-5H. The summed E-state index contributed by atoms with van der Waals surface area (Å²) < 4.78 is 0. The fourth-order valence-electron chi connectivity index (χ4n) is 0.998. The molecule has 0 fully saturated rings. The van der Waals surface area contributed by atoms with Crippen molar-refractivity contribution in [2.75, 3.05) is 0 Å². The summed E-state index contributed by atoms with van der Waals surface area (Å²) >= 11 is 0. The summed E-state index contributed by atoms with van der Waals surface area (Å²) in [4.78, 5) is 27.4. The van der Waals surface area contributed by atoms with Crippen molar-refractivity contribution in [3.8, 4) is 0 Å². The van der Waals surface area contributed by atoms with Gasteiger partial charge in [0.25, 0.3) is 0 Å². The fourth-order valence-corrected chi connectivity index (χ4v) is 1.91. The van der Waals surface area contributed by atoms with Gasteiger partial charge >= 0.3 is 5.53 Å². The smallest absolute Gasteiger partial charge is 0.252 e. The van der Waals surface area contributed by atoms with Gasteiger partial charge in [0.1, 0.15) is 0 Å². The lowest BCUT2D eigenvalue weighted by molar-refractivity contribution is -0.935. The van der Waals surface area contributed by atoms with E-state index in [1.54, 1.807) is 6.07 Å². The maximum Gasteiger partial charge on any atom is 0.716 e. The molecule has 0 amide bonds. The first-order chi connectivity index (χ1) is 7.91. The Morgan fingerprint density at radius 1 is 0.882 bits per heavy atom. The molecule has 0 aromatic heterocycles. The van der Waals surface area contributed by atoms with Crippen LogP contribution in [0.3, 0.4) is 0 Å². The van der Waals surface area contributed by atoms with Crippen molar-refractivity contribution in [2.45, 2.75) is 5.53 Å². The molecule has 0 saturated heterocycles. The highest BCUT2D eigenvalue weighted by Gasteiger charge is 2.71. The number of hydrogen-bond acceptors (Lipinski definition) is 6. The number of benzene rings is 1. The molecule has 1 aromatic rings. The van der Waals surface area contributed by atoms with Crippen LogP contribution < -0.4 is 5.30 Å². The molecular formula is C7H5N3O6P. The van der Waals surface area contributed by atoms with Crippen molar-refractivity contribution in [1.29, 1.82) is 0 Å². The Balaban J connectivity index is 3.21. The zero-order chi connectivity index (χ0) is 13.1. The molecule has 0 N–H and O–H groups in total. The minimum absolute atomic E-state index is 0.123. The van der Waals surface area contributed by atoms with E-state index in [2.05, 4.69) is 0 Å². The minimum Gasteiger partial charge on any atom is -0.252 e. The van der Waals surface area contributed by atoms with Crippen LogP contribution in [0.15, 0.2) is 30.3 Å². The van der Waals surface area contributed by atoms with E-state index in [1.165, 1.54) is 24.3 Å².